The van der Waals surface area contributed by atoms with Crippen molar-refractivity contribution < 1.29 is 23.1 Å². The number of piperidine rings is 1. The van der Waals surface area contributed by atoms with Gasteiger partial charge in [0.05, 0.1) is 7.11 Å². The first-order valence-corrected chi connectivity index (χ1v) is 10.8. The van der Waals surface area contributed by atoms with E-state index in [1.54, 1.807) is 30.3 Å². The van der Waals surface area contributed by atoms with Crippen molar-refractivity contribution in [3.05, 3.63) is 59.7 Å². The fourth-order valence-electron chi connectivity index (χ4n) is 3.94. The average Bonchev–Trinajstić information content (AvgIpc) is 2.72. The van der Waals surface area contributed by atoms with E-state index in [1.807, 2.05) is 0 Å². The topological polar surface area (TPSA) is 131 Å². The van der Waals surface area contributed by atoms with Crippen LogP contribution in [0.15, 0.2) is 48.5 Å². The molecule has 156 valence electrons. The van der Waals surface area contributed by atoms with Gasteiger partial charge in [0.2, 0.25) is 10.0 Å². The molecule has 1 heterocycles. The normalized spacial score (nSPS) is 17.3. The summed E-state index contributed by atoms with van der Waals surface area (Å²) >= 11 is 0. The average molecular weight is 420 g/mol. The van der Waals surface area contributed by atoms with Crippen LogP contribution >= 0.6 is 0 Å². The van der Waals surface area contributed by atoms with Crippen LogP contribution in [0.1, 0.15) is 28.8 Å². The van der Waals surface area contributed by atoms with Crippen LogP contribution in [0, 0.1) is 5.92 Å². The van der Waals surface area contributed by atoms with Crippen LogP contribution in [0.5, 0.6) is 11.5 Å². The highest BCUT2D eigenvalue weighted by Gasteiger charge is 2.51. The van der Waals surface area contributed by atoms with E-state index < -0.39 is 26.7 Å². The third-order valence-electron chi connectivity index (χ3n) is 5.32. The molecule has 3 rings (SSSR count). The quantitative estimate of drug-likeness (QED) is 0.558. The van der Waals surface area contributed by atoms with Gasteiger partial charge in [-0.15, -0.1) is 0 Å². The Balaban J connectivity index is 2.17. The first kappa shape index (κ1) is 21.1. The first-order valence-electron chi connectivity index (χ1n) is 9.28. The van der Waals surface area contributed by atoms with Gasteiger partial charge in [-0.2, -0.15) is 0 Å². The summed E-state index contributed by atoms with van der Waals surface area (Å²) in [6.07, 6.45) is 1.01. The lowest BCUT2D eigenvalue weighted by atomic mass is 9.84. The highest BCUT2D eigenvalue weighted by Crippen LogP contribution is 2.40. The van der Waals surface area contributed by atoms with Crippen molar-refractivity contribution in [1.29, 1.82) is 0 Å². The van der Waals surface area contributed by atoms with Crippen molar-refractivity contribution in [3.8, 4) is 11.5 Å². The minimum Gasteiger partial charge on any atom is -0.507 e. The van der Waals surface area contributed by atoms with Gasteiger partial charge in [0.1, 0.15) is 17.1 Å². The number of methoxy groups -OCH3 is 1. The van der Waals surface area contributed by atoms with Crippen LogP contribution in [-0.2, 0) is 14.9 Å². The molecule has 8 nitrogen and oxygen atoms in total. The highest BCUT2D eigenvalue weighted by molar-refractivity contribution is 7.90. The van der Waals surface area contributed by atoms with Crippen molar-refractivity contribution in [3.63, 3.8) is 0 Å². The van der Waals surface area contributed by atoms with E-state index in [-0.39, 0.29) is 17.1 Å². The van der Waals surface area contributed by atoms with Gasteiger partial charge in [0.25, 0.3) is 5.91 Å². The largest absolute Gasteiger partial charge is 0.507 e. The van der Waals surface area contributed by atoms with E-state index >= 15 is 0 Å². The lowest BCUT2D eigenvalue weighted by Crippen LogP contribution is -2.60. The predicted octanol–water partition coefficient (Wildman–Crippen LogP) is 1.27. The fourth-order valence-corrected chi connectivity index (χ4v) is 5.34. The molecule has 0 radical (unpaired) electrons. The molecule has 2 aromatic rings. The molecule has 1 unspecified atom stereocenters. The number of primary sulfonamides is 1. The molecule has 5 N–H and O–H groups in total. The molecule has 0 aliphatic carbocycles. The molecule has 1 fully saturated rings. The number of sulfonamides is 1. The second kappa shape index (κ2) is 8.40. The van der Waals surface area contributed by atoms with Gasteiger partial charge in [-0.3, -0.25) is 4.79 Å². The second-order valence-electron chi connectivity index (χ2n) is 6.98. The molecular weight excluding hydrogens is 394 g/mol. The number of rotatable bonds is 6. The summed E-state index contributed by atoms with van der Waals surface area (Å²) in [6, 6.07) is 12.8. The van der Waals surface area contributed by atoms with Crippen LogP contribution in [0.4, 0.5) is 0 Å². The zero-order valence-corrected chi connectivity index (χ0v) is 16.9. The van der Waals surface area contributed by atoms with Crippen LogP contribution in [0.3, 0.4) is 0 Å². The second-order valence-corrected chi connectivity index (χ2v) is 8.71. The number of phenolic OH excluding ortho intramolecular Hbond substituents is 1. The van der Waals surface area contributed by atoms with Crippen LogP contribution in [0.2, 0.25) is 0 Å². The van der Waals surface area contributed by atoms with Crippen molar-refractivity contribution in [2.45, 2.75) is 17.7 Å². The van der Waals surface area contributed by atoms with Gasteiger partial charge in [0, 0.05) is 5.92 Å². The number of nitrogens with one attached hydrogen (secondary N) is 2. The Bertz CT molecular complexity index is 975. The van der Waals surface area contributed by atoms with E-state index in [2.05, 4.69) is 10.6 Å². The third-order valence-corrected chi connectivity index (χ3v) is 6.88. The van der Waals surface area contributed by atoms with Gasteiger partial charge in [0.15, 0.2) is 4.87 Å². The summed E-state index contributed by atoms with van der Waals surface area (Å²) in [5.74, 6) is -1.42. The number of hydrogen-bond acceptors (Lipinski definition) is 6. The van der Waals surface area contributed by atoms with E-state index in [0.717, 1.165) is 0 Å². The number of hydrogen-bond donors (Lipinski definition) is 4. The Morgan fingerprint density at radius 2 is 1.83 bits per heavy atom. The van der Waals surface area contributed by atoms with Crippen molar-refractivity contribution in [1.82, 2.24) is 10.6 Å². The smallest absolute Gasteiger partial charge is 0.260 e. The molecule has 0 bridgehead atoms. The van der Waals surface area contributed by atoms with Crippen molar-refractivity contribution in [2.75, 3.05) is 20.2 Å². The number of nitrogens with two attached hydrogens (primary N) is 1. The SMILES string of the molecule is COc1cccc(O)c1C(=O)NC(c1ccccc1)(C1CCNCC1)S(N)(=O)=O. The number of carbonyl (C=O) groups is 1. The minimum atomic E-state index is -4.30. The molecule has 9 heteroatoms. The Morgan fingerprint density at radius 1 is 1.17 bits per heavy atom. The molecule has 0 aromatic heterocycles. The molecule has 1 aliphatic heterocycles. The molecule has 0 saturated carbocycles. The Morgan fingerprint density at radius 3 is 2.41 bits per heavy atom. The number of phenols is 1. The molecule has 1 saturated heterocycles. The zero-order valence-electron chi connectivity index (χ0n) is 16.1. The standard InChI is InChI=1S/C20H25N3O5S/c1-28-17-9-5-8-16(24)18(17)19(25)23-20(29(21,26)27,14-6-3-2-4-7-14)15-10-12-22-13-11-15/h2-9,15,22,24H,10-13H2,1H3,(H,23,25)(H2,21,26,27). The number of aromatic hydroxyl groups is 1. The van der Waals surface area contributed by atoms with Gasteiger partial charge < -0.3 is 20.5 Å². The first-order chi connectivity index (χ1) is 13.8. The molecule has 1 atom stereocenters. The summed E-state index contributed by atoms with van der Waals surface area (Å²) < 4.78 is 31.2. The molecular formula is C20H25N3O5S. The monoisotopic (exact) mass is 419 g/mol. The maximum atomic E-state index is 13.2. The van der Waals surface area contributed by atoms with E-state index in [9.17, 15) is 18.3 Å². The number of carbonyl (C=O) groups excluding carboxylic acids is 1. The molecule has 1 amide bonds. The van der Waals surface area contributed by atoms with Crippen LogP contribution in [0.25, 0.3) is 0 Å². The summed E-state index contributed by atoms with van der Waals surface area (Å²) in [5.41, 5.74) is 0.227. The maximum absolute atomic E-state index is 13.2. The number of ether oxygens (including phenoxy) is 1. The third kappa shape index (κ3) is 3.93. The lowest BCUT2D eigenvalue weighted by Gasteiger charge is -2.41. The van der Waals surface area contributed by atoms with Crippen LogP contribution < -0.4 is 20.5 Å². The van der Waals surface area contributed by atoms with Crippen LogP contribution in [-0.4, -0.2) is 39.6 Å². The molecule has 29 heavy (non-hydrogen) atoms. The Labute approximate surface area is 170 Å². The van der Waals surface area contributed by atoms with Gasteiger partial charge >= 0.3 is 0 Å². The van der Waals surface area contributed by atoms with Crippen molar-refractivity contribution in [2.24, 2.45) is 11.1 Å². The molecule has 2 aromatic carbocycles. The van der Waals surface area contributed by atoms with Gasteiger partial charge in [-0.1, -0.05) is 36.4 Å². The lowest BCUT2D eigenvalue weighted by molar-refractivity contribution is 0.0884. The Hall–Kier alpha value is -2.62. The minimum absolute atomic E-state index is 0.129. The molecule has 0 spiro atoms. The maximum Gasteiger partial charge on any atom is 0.260 e. The van der Waals surface area contributed by atoms with E-state index in [1.165, 1.54) is 25.3 Å². The zero-order chi connectivity index (χ0) is 21.1. The number of amides is 1. The fraction of sp³-hybridized carbons (Fsp3) is 0.350. The summed E-state index contributed by atoms with van der Waals surface area (Å²) in [4.78, 5) is 11.4. The van der Waals surface area contributed by atoms with Gasteiger partial charge in [-0.05, 0) is 43.6 Å². The van der Waals surface area contributed by atoms with E-state index in [0.29, 0.717) is 31.5 Å². The highest BCUT2D eigenvalue weighted by atomic mass is 32.2. The predicted molar refractivity (Wildman–Crippen MR) is 109 cm³/mol. The molecule has 1 aliphatic rings. The van der Waals surface area contributed by atoms with Gasteiger partial charge in [-0.25, -0.2) is 13.6 Å². The summed E-state index contributed by atoms with van der Waals surface area (Å²) in [5, 5.41) is 21.9. The van der Waals surface area contributed by atoms with E-state index in [4.69, 9.17) is 9.88 Å². The van der Waals surface area contributed by atoms with Crippen molar-refractivity contribution >= 4 is 15.9 Å². The summed E-state index contributed by atoms with van der Waals surface area (Å²) in [7, 11) is -2.93. The Kier molecular flexibility index (Phi) is 6.11. The number of benzene rings is 2. The summed E-state index contributed by atoms with van der Waals surface area (Å²) in [6.45, 7) is 1.20.